The number of benzene rings is 1. The van der Waals surface area contributed by atoms with Gasteiger partial charge in [-0.3, -0.25) is 4.90 Å². The second kappa shape index (κ2) is 8.39. The molecule has 0 spiro atoms. The molecule has 2 atom stereocenters. The van der Waals surface area contributed by atoms with Crippen molar-refractivity contribution in [3.63, 3.8) is 0 Å². The molecule has 3 heterocycles. The fraction of sp³-hybridized carbons (Fsp3) is 0.286. The molecule has 2 aromatic heterocycles. The normalized spacial score (nSPS) is 19.4. The lowest BCUT2D eigenvalue weighted by molar-refractivity contribution is 0.281. The summed E-state index contributed by atoms with van der Waals surface area (Å²) >= 11 is 5.83. The molecule has 150 valence electrons. The highest BCUT2D eigenvalue weighted by molar-refractivity contribution is 6.30. The van der Waals surface area contributed by atoms with E-state index >= 15 is 0 Å². The molecule has 0 radical (unpaired) electrons. The number of hydrogen-bond donors (Lipinski definition) is 1. The summed E-state index contributed by atoms with van der Waals surface area (Å²) in [7, 11) is 2.04. The average Bonchev–Trinajstić information content (AvgIpc) is 3.10. The van der Waals surface area contributed by atoms with Crippen LogP contribution in [0.25, 0.3) is 11.5 Å². The molecule has 0 amide bonds. The molecule has 29 heavy (non-hydrogen) atoms. The summed E-state index contributed by atoms with van der Waals surface area (Å²) < 4.78 is 27.0. The van der Waals surface area contributed by atoms with Gasteiger partial charge < -0.3 is 5.32 Å². The van der Waals surface area contributed by atoms with Crippen LogP contribution in [0.15, 0.2) is 48.8 Å². The van der Waals surface area contributed by atoms with E-state index < -0.39 is 11.6 Å². The molecule has 1 aliphatic rings. The van der Waals surface area contributed by atoms with Gasteiger partial charge in [-0.2, -0.15) is 0 Å². The summed E-state index contributed by atoms with van der Waals surface area (Å²) in [5.41, 5.74) is 1.42. The Hall–Kier alpha value is -2.64. The largest absolute Gasteiger partial charge is 0.370 e. The van der Waals surface area contributed by atoms with Gasteiger partial charge in [-0.05, 0) is 61.8 Å². The Morgan fingerprint density at radius 2 is 2.03 bits per heavy atom. The minimum Gasteiger partial charge on any atom is -0.370 e. The summed E-state index contributed by atoms with van der Waals surface area (Å²) in [6, 6.07) is 9.76. The zero-order valence-electron chi connectivity index (χ0n) is 15.8. The first kappa shape index (κ1) is 19.7. The van der Waals surface area contributed by atoms with E-state index in [4.69, 9.17) is 11.6 Å². The molecule has 2 unspecified atom stereocenters. The lowest BCUT2D eigenvalue weighted by Gasteiger charge is -2.26. The molecular weight excluding hydrogens is 396 g/mol. The van der Waals surface area contributed by atoms with Crippen molar-refractivity contribution in [2.45, 2.75) is 12.5 Å². The van der Waals surface area contributed by atoms with Gasteiger partial charge >= 0.3 is 0 Å². The number of likely N-dealkylation sites (tertiary alicyclic amines) is 1. The monoisotopic (exact) mass is 415 g/mol. The van der Waals surface area contributed by atoms with Gasteiger partial charge in [0.25, 0.3) is 0 Å². The summed E-state index contributed by atoms with van der Waals surface area (Å²) in [5, 5.41) is 3.49. The van der Waals surface area contributed by atoms with E-state index in [1.54, 1.807) is 24.4 Å². The maximum atomic E-state index is 14.0. The van der Waals surface area contributed by atoms with E-state index in [2.05, 4.69) is 25.2 Å². The molecule has 0 aliphatic carbocycles. The Kier molecular flexibility index (Phi) is 5.69. The van der Waals surface area contributed by atoms with Crippen LogP contribution in [-0.2, 0) is 0 Å². The molecule has 4 rings (SSSR count). The van der Waals surface area contributed by atoms with Crippen molar-refractivity contribution in [3.05, 3.63) is 71.0 Å². The van der Waals surface area contributed by atoms with Crippen molar-refractivity contribution in [1.29, 1.82) is 0 Å². The summed E-state index contributed by atoms with van der Waals surface area (Å²) in [6.07, 6.45) is 3.77. The third-order valence-electron chi connectivity index (χ3n) is 5.22. The van der Waals surface area contributed by atoms with Crippen molar-refractivity contribution >= 4 is 17.4 Å². The average molecular weight is 416 g/mol. The molecule has 1 aromatic carbocycles. The van der Waals surface area contributed by atoms with Crippen LogP contribution in [0.4, 0.5) is 14.6 Å². The van der Waals surface area contributed by atoms with Crippen LogP contribution in [-0.4, -0.2) is 40.0 Å². The lowest BCUT2D eigenvalue weighted by Crippen LogP contribution is -2.25. The number of hydrogen-bond acceptors (Lipinski definition) is 5. The number of rotatable bonds is 5. The summed E-state index contributed by atoms with van der Waals surface area (Å²) in [4.78, 5) is 14.9. The molecule has 1 aliphatic heterocycles. The topological polar surface area (TPSA) is 53.9 Å². The SMILES string of the molecule is CN1CCC(CNc2ccnc(-c3ccc(F)cn3)n2)C1c1ccc(Cl)c(F)c1. The highest BCUT2D eigenvalue weighted by Gasteiger charge is 2.33. The zero-order valence-corrected chi connectivity index (χ0v) is 16.6. The summed E-state index contributed by atoms with van der Waals surface area (Å²) in [6.45, 7) is 1.60. The predicted octanol–water partition coefficient (Wildman–Crippen LogP) is 4.58. The Morgan fingerprint density at radius 3 is 2.79 bits per heavy atom. The highest BCUT2D eigenvalue weighted by Crippen LogP contribution is 2.37. The number of nitrogens with one attached hydrogen (secondary N) is 1. The number of halogens is 3. The second-order valence-corrected chi connectivity index (χ2v) is 7.56. The van der Waals surface area contributed by atoms with Gasteiger partial charge in [-0.1, -0.05) is 17.7 Å². The lowest BCUT2D eigenvalue weighted by atomic mass is 9.93. The minimum absolute atomic E-state index is 0.0920. The number of anilines is 1. The van der Waals surface area contributed by atoms with Crippen molar-refractivity contribution in [2.24, 2.45) is 5.92 Å². The Balaban J connectivity index is 1.48. The third-order valence-corrected chi connectivity index (χ3v) is 5.52. The molecule has 5 nitrogen and oxygen atoms in total. The van der Waals surface area contributed by atoms with Crippen molar-refractivity contribution in [2.75, 3.05) is 25.5 Å². The van der Waals surface area contributed by atoms with Gasteiger partial charge in [0.05, 0.1) is 11.2 Å². The molecule has 1 fully saturated rings. The van der Waals surface area contributed by atoms with Crippen molar-refractivity contribution in [3.8, 4) is 11.5 Å². The van der Waals surface area contributed by atoms with Crippen molar-refractivity contribution in [1.82, 2.24) is 19.9 Å². The third kappa shape index (κ3) is 4.36. The van der Waals surface area contributed by atoms with Crippen LogP contribution >= 0.6 is 11.6 Å². The van der Waals surface area contributed by atoms with Gasteiger partial charge in [0.2, 0.25) is 0 Å². The van der Waals surface area contributed by atoms with Crippen LogP contribution < -0.4 is 5.32 Å². The van der Waals surface area contributed by atoms with E-state index in [0.29, 0.717) is 23.9 Å². The van der Waals surface area contributed by atoms with Crippen LogP contribution in [0.1, 0.15) is 18.0 Å². The zero-order chi connectivity index (χ0) is 20.4. The van der Waals surface area contributed by atoms with Gasteiger partial charge in [0, 0.05) is 18.8 Å². The van der Waals surface area contributed by atoms with Gasteiger partial charge in [0.15, 0.2) is 5.82 Å². The van der Waals surface area contributed by atoms with Gasteiger partial charge in [-0.25, -0.2) is 23.7 Å². The minimum atomic E-state index is -0.405. The smallest absolute Gasteiger partial charge is 0.180 e. The van der Waals surface area contributed by atoms with Crippen LogP contribution in [0.5, 0.6) is 0 Å². The van der Waals surface area contributed by atoms with Crippen LogP contribution in [0, 0.1) is 17.6 Å². The Bertz CT molecular complexity index is 999. The number of pyridine rings is 1. The van der Waals surface area contributed by atoms with Crippen molar-refractivity contribution < 1.29 is 8.78 Å². The van der Waals surface area contributed by atoms with Gasteiger partial charge in [0.1, 0.15) is 23.1 Å². The molecule has 0 saturated carbocycles. The van der Waals surface area contributed by atoms with E-state index in [1.807, 2.05) is 13.1 Å². The molecular formula is C21H20ClF2N5. The predicted molar refractivity (Wildman–Crippen MR) is 109 cm³/mol. The molecule has 1 N–H and O–H groups in total. The number of aromatic nitrogens is 3. The maximum absolute atomic E-state index is 14.0. The van der Waals surface area contributed by atoms with E-state index in [1.165, 1.54) is 12.1 Å². The first-order chi connectivity index (χ1) is 14.0. The first-order valence-electron chi connectivity index (χ1n) is 9.35. The summed E-state index contributed by atoms with van der Waals surface area (Å²) in [5.74, 6) is 0.566. The highest BCUT2D eigenvalue weighted by atomic mass is 35.5. The molecule has 3 aromatic rings. The molecule has 1 saturated heterocycles. The molecule has 0 bridgehead atoms. The fourth-order valence-corrected chi connectivity index (χ4v) is 3.90. The Morgan fingerprint density at radius 1 is 1.17 bits per heavy atom. The van der Waals surface area contributed by atoms with E-state index in [9.17, 15) is 8.78 Å². The van der Waals surface area contributed by atoms with Gasteiger partial charge in [-0.15, -0.1) is 0 Å². The van der Waals surface area contributed by atoms with E-state index in [0.717, 1.165) is 24.7 Å². The Labute approximate surface area is 172 Å². The quantitative estimate of drug-likeness (QED) is 0.661. The second-order valence-electron chi connectivity index (χ2n) is 7.16. The first-order valence-corrected chi connectivity index (χ1v) is 9.73. The number of nitrogens with zero attached hydrogens (tertiary/aromatic N) is 4. The standard InChI is InChI=1S/C21H20ClF2N5/c1-29-9-7-14(20(29)13-2-4-16(22)17(24)10-13)11-27-19-6-8-25-21(28-19)18-5-3-15(23)12-26-18/h2-6,8,10,12,14,20H,7,9,11H2,1H3,(H,25,27,28). The molecule has 8 heteroatoms. The van der Waals surface area contributed by atoms with E-state index in [-0.39, 0.29) is 17.0 Å². The van der Waals surface area contributed by atoms with Crippen LogP contribution in [0.3, 0.4) is 0 Å². The fourth-order valence-electron chi connectivity index (χ4n) is 3.79. The van der Waals surface area contributed by atoms with Crippen LogP contribution in [0.2, 0.25) is 5.02 Å². The maximum Gasteiger partial charge on any atom is 0.180 e.